The van der Waals surface area contributed by atoms with Crippen LogP contribution in [0.5, 0.6) is 0 Å². The maximum Gasteiger partial charge on any atom is 0.181 e. The van der Waals surface area contributed by atoms with Crippen molar-refractivity contribution in [1.29, 1.82) is 0 Å². The summed E-state index contributed by atoms with van der Waals surface area (Å²) in [6, 6.07) is 0. The van der Waals surface area contributed by atoms with Crippen LogP contribution in [0.4, 0.5) is 0 Å². The predicted molar refractivity (Wildman–Crippen MR) is 52.3 cm³/mol. The molecule has 11 heavy (non-hydrogen) atoms. The molecule has 0 spiro atoms. The number of nitrogens with one attached hydrogen (secondary N) is 3. The van der Waals surface area contributed by atoms with Crippen LogP contribution in [0.3, 0.4) is 0 Å². The van der Waals surface area contributed by atoms with Gasteiger partial charge in [0.2, 0.25) is 0 Å². The molecular weight excluding hydrogens is 158 g/mol. The molecule has 3 N–H and O–H groups in total. The van der Waals surface area contributed by atoms with E-state index in [1.807, 2.05) is 6.92 Å². The highest BCUT2D eigenvalue weighted by Gasteiger charge is 2.09. The molecule has 0 rings (SSSR count). The summed E-state index contributed by atoms with van der Waals surface area (Å²) in [5.74, 6) is 0. The van der Waals surface area contributed by atoms with Crippen LogP contribution in [0, 0.1) is 0 Å². The first-order valence-corrected chi connectivity index (χ1v) is 4.17. The molecule has 0 unspecified atom stereocenters. The molecule has 66 valence electrons. The molecule has 0 aromatic rings. The molecule has 0 atom stereocenters. The Balaban J connectivity index is 3.53. The SMILES string of the molecule is CCNNC(=S)NC(C)(C)C. The van der Waals surface area contributed by atoms with E-state index in [-0.39, 0.29) is 5.54 Å². The zero-order valence-corrected chi connectivity index (χ0v) is 8.43. The summed E-state index contributed by atoms with van der Waals surface area (Å²) >= 11 is 4.98. The second-order valence-corrected chi connectivity index (χ2v) is 3.77. The van der Waals surface area contributed by atoms with Crippen LogP contribution < -0.4 is 16.2 Å². The van der Waals surface area contributed by atoms with Gasteiger partial charge >= 0.3 is 0 Å². The van der Waals surface area contributed by atoms with Gasteiger partial charge in [-0.2, -0.15) is 0 Å². The summed E-state index contributed by atoms with van der Waals surface area (Å²) in [5.41, 5.74) is 5.80. The van der Waals surface area contributed by atoms with Gasteiger partial charge in [-0.3, -0.25) is 5.43 Å². The summed E-state index contributed by atoms with van der Waals surface area (Å²) in [7, 11) is 0. The van der Waals surface area contributed by atoms with Crippen LogP contribution in [0.2, 0.25) is 0 Å². The van der Waals surface area contributed by atoms with Crippen molar-refractivity contribution in [2.75, 3.05) is 6.54 Å². The number of hydrazine groups is 1. The molecule has 0 heterocycles. The molecule has 0 bridgehead atoms. The number of thiocarbonyl (C=S) groups is 1. The van der Waals surface area contributed by atoms with Gasteiger partial charge < -0.3 is 5.32 Å². The lowest BCUT2D eigenvalue weighted by Gasteiger charge is -2.22. The summed E-state index contributed by atoms with van der Waals surface area (Å²) in [5, 5.41) is 3.75. The van der Waals surface area contributed by atoms with E-state index in [0.717, 1.165) is 6.54 Å². The quantitative estimate of drug-likeness (QED) is 0.428. The number of rotatable bonds is 2. The third kappa shape index (κ3) is 7.55. The van der Waals surface area contributed by atoms with E-state index in [0.29, 0.717) is 5.11 Å². The fraction of sp³-hybridized carbons (Fsp3) is 0.857. The topological polar surface area (TPSA) is 36.1 Å². The fourth-order valence-electron chi connectivity index (χ4n) is 0.541. The fourth-order valence-corrected chi connectivity index (χ4v) is 0.919. The van der Waals surface area contributed by atoms with Gasteiger partial charge in [-0.05, 0) is 33.0 Å². The van der Waals surface area contributed by atoms with Gasteiger partial charge in [0.1, 0.15) is 0 Å². The minimum atomic E-state index is 0.0273. The Morgan fingerprint density at radius 3 is 2.27 bits per heavy atom. The molecule has 0 aliphatic rings. The molecule has 0 aromatic carbocycles. The Kier molecular flexibility index (Phi) is 4.37. The van der Waals surface area contributed by atoms with E-state index in [9.17, 15) is 0 Å². The van der Waals surface area contributed by atoms with Gasteiger partial charge in [0, 0.05) is 12.1 Å². The van der Waals surface area contributed by atoms with Gasteiger partial charge in [-0.15, -0.1) is 0 Å². The third-order valence-electron chi connectivity index (χ3n) is 0.867. The molecule has 0 amide bonds. The standard InChI is InChI=1S/C7H17N3S/c1-5-8-10-6(11)9-7(2,3)4/h8H,5H2,1-4H3,(H2,9,10,11). The molecule has 0 saturated heterocycles. The smallest absolute Gasteiger partial charge is 0.181 e. The molecule has 0 aliphatic heterocycles. The van der Waals surface area contributed by atoms with E-state index < -0.39 is 0 Å². The molecule has 0 radical (unpaired) electrons. The average Bonchev–Trinajstić information content (AvgIpc) is 1.79. The first-order chi connectivity index (χ1) is 4.95. The molecule has 0 saturated carbocycles. The van der Waals surface area contributed by atoms with Crippen molar-refractivity contribution in [3.63, 3.8) is 0 Å². The molecule has 4 heteroatoms. The summed E-state index contributed by atoms with van der Waals surface area (Å²) in [4.78, 5) is 0. The minimum Gasteiger partial charge on any atom is -0.357 e. The largest absolute Gasteiger partial charge is 0.357 e. The van der Waals surface area contributed by atoms with Crippen LogP contribution in [0.1, 0.15) is 27.7 Å². The van der Waals surface area contributed by atoms with E-state index in [2.05, 4.69) is 36.9 Å². The van der Waals surface area contributed by atoms with Gasteiger partial charge in [0.15, 0.2) is 5.11 Å². The van der Waals surface area contributed by atoms with Gasteiger partial charge in [-0.1, -0.05) is 6.92 Å². The average molecular weight is 175 g/mol. The Hall–Kier alpha value is -0.350. The second-order valence-electron chi connectivity index (χ2n) is 3.36. The van der Waals surface area contributed by atoms with E-state index in [1.165, 1.54) is 0 Å². The van der Waals surface area contributed by atoms with Crippen molar-refractivity contribution in [1.82, 2.24) is 16.2 Å². The van der Waals surface area contributed by atoms with Crippen LogP contribution in [0.25, 0.3) is 0 Å². The molecule has 0 fully saturated rings. The van der Waals surface area contributed by atoms with Gasteiger partial charge in [0.25, 0.3) is 0 Å². The van der Waals surface area contributed by atoms with E-state index in [1.54, 1.807) is 0 Å². The van der Waals surface area contributed by atoms with Crippen molar-refractivity contribution in [2.24, 2.45) is 0 Å². The first-order valence-electron chi connectivity index (χ1n) is 3.76. The Labute approximate surface area is 73.9 Å². The van der Waals surface area contributed by atoms with E-state index in [4.69, 9.17) is 12.2 Å². The van der Waals surface area contributed by atoms with Crippen LogP contribution in [-0.2, 0) is 0 Å². The van der Waals surface area contributed by atoms with Crippen molar-refractivity contribution < 1.29 is 0 Å². The van der Waals surface area contributed by atoms with Crippen LogP contribution in [0.15, 0.2) is 0 Å². The molecule has 0 aliphatic carbocycles. The maximum absolute atomic E-state index is 4.98. The second kappa shape index (κ2) is 4.51. The van der Waals surface area contributed by atoms with Gasteiger partial charge in [0.05, 0.1) is 0 Å². The van der Waals surface area contributed by atoms with Crippen molar-refractivity contribution >= 4 is 17.3 Å². The lowest BCUT2D eigenvalue weighted by atomic mass is 10.1. The summed E-state index contributed by atoms with van der Waals surface area (Å²) in [6.07, 6.45) is 0. The van der Waals surface area contributed by atoms with Crippen LogP contribution in [-0.4, -0.2) is 17.2 Å². The Morgan fingerprint density at radius 1 is 1.36 bits per heavy atom. The van der Waals surface area contributed by atoms with Gasteiger partial charge in [-0.25, -0.2) is 5.43 Å². The summed E-state index contributed by atoms with van der Waals surface area (Å²) < 4.78 is 0. The maximum atomic E-state index is 4.98. The lowest BCUT2D eigenvalue weighted by Crippen LogP contribution is -2.50. The first kappa shape index (κ1) is 10.7. The zero-order valence-electron chi connectivity index (χ0n) is 7.62. The van der Waals surface area contributed by atoms with Crippen LogP contribution >= 0.6 is 12.2 Å². The zero-order chi connectivity index (χ0) is 8.91. The highest BCUT2D eigenvalue weighted by atomic mass is 32.1. The van der Waals surface area contributed by atoms with E-state index >= 15 is 0 Å². The monoisotopic (exact) mass is 175 g/mol. The van der Waals surface area contributed by atoms with Crippen molar-refractivity contribution in [3.05, 3.63) is 0 Å². The van der Waals surface area contributed by atoms with Crippen molar-refractivity contribution in [3.8, 4) is 0 Å². The third-order valence-corrected chi connectivity index (χ3v) is 1.07. The predicted octanol–water partition coefficient (Wildman–Crippen LogP) is 0.773. The Bertz CT molecular complexity index is 128. The lowest BCUT2D eigenvalue weighted by molar-refractivity contribution is 0.499. The van der Waals surface area contributed by atoms with Crippen molar-refractivity contribution in [2.45, 2.75) is 33.2 Å². The molecular formula is C7H17N3S. The Morgan fingerprint density at radius 2 is 1.91 bits per heavy atom. The molecule has 0 aromatic heterocycles. The number of hydrogen-bond donors (Lipinski definition) is 3. The number of hydrogen-bond acceptors (Lipinski definition) is 2. The highest BCUT2D eigenvalue weighted by Crippen LogP contribution is 1.96. The molecule has 3 nitrogen and oxygen atoms in total. The summed E-state index contributed by atoms with van der Waals surface area (Å²) in [6.45, 7) is 9.05. The highest BCUT2D eigenvalue weighted by molar-refractivity contribution is 7.80. The normalized spacial score (nSPS) is 10.9. The minimum absolute atomic E-state index is 0.0273.